The van der Waals surface area contributed by atoms with Crippen molar-refractivity contribution in [3.05, 3.63) is 88.1 Å². The van der Waals surface area contributed by atoms with Crippen molar-refractivity contribution in [2.45, 2.75) is 59.4 Å². The van der Waals surface area contributed by atoms with Crippen molar-refractivity contribution in [2.24, 2.45) is 0 Å². The number of aryl methyl sites for hydroxylation is 1. The summed E-state index contributed by atoms with van der Waals surface area (Å²) in [5.41, 5.74) is 5.83. The van der Waals surface area contributed by atoms with E-state index in [1.54, 1.807) is 24.3 Å². The third kappa shape index (κ3) is 6.09. The topological polar surface area (TPSA) is 39.1 Å². The summed E-state index contributed by atoms with van der Waals surface area (Å²) in [4.78, 5) is 0.299. The van der Waals surface area contributed by atoms with E-state index in [-0.39, 0.29) is 0 Å². The maximum atomic E-state index is 12.3. The first-order valence-electron chi connectivity index (χ1n) is 10.7. The van der Waals surface area contributed by atoms with Crippen LogP contribution in [0.1, 0.15) is 67.1 Å². The fraction of sp³-hybridized carbons (Fsp3) is 0.385. The van der Waals surface area contributed by atoms with Crippen molar-refractivity contribution in [1.82, 2.24) is 4.57 Å². The third-order valence-electron chi connectivity index (χ3n) is 5.57. The minimum Gasteiger partial charge on any atom is -0.344 e. The zero-order valence-corrected chi connectivity index (χ0v) is 19.8. The van der Waals surface area contributed by atoms with E-state index >= 15 is 0 Å². The van der Waals surface area contributed by atoms with Crippen LogP contribution in [0.25, 0.3) is 6.08 Å². The lowest BCUT2D eigenvalue weighted by molar-refractivity contribution is 0.548. The molecule has 1 heterocycles. The average molecular weight is 426 g/mol. The molecule has 1 unspecified atom stereocenters. The predicted molar refractivity (Wildman–Crippen MR) is 130 cm³/mol. The average Bonchev–Trinajstić information content (AvgIpc) is 2.99. The van der Waals surface area contributed by atoms with Gasteiger partial charge < -0.3 is 4.57 Å². The molecule has 0 fully saturated rings. The highest BCUT2D eigenvalue weighted by molar-refractivity contribution is 7.94. The fourth-order valence-corrected chi connectivity index (χ4v) is 4.43. The van der Waals surface area contributed by atoms with Crippen LogP contribution < -0.4 is 0 Å². The van der Waals surface area contributed by atoms with Gasteiger partial charge in [0.05, 0.1) is 4.91 Å². The normalized spacial score (nSPS) is 13.7. The fourth-order valence-electron chi connectivity index (χ4n) is 3.77. The Morgan fingerprint density at radius 2 is 1.83 bits per heavy atom. The number of nitrogens with zero attached hydrogens (tertiary/aromatic N) is 1. The van der Waals surface area contributed by atoms with Gasteiger partial charge in [-0.2, -0.15) is 0 Å². The number of rotatable bonds is 10. The Labute approximate surface area is 182 Å². The van der Waals surface area contributed by atoms with Gasteiger partial charge in [0.1, 0.15) is 0 Å². The van der Waals surface area contributed by atoms with Crippen LogP contribution in [-0.4, -0.2) is 19.2 Å². The Bertz CT molecular complexity index is 1020. The second-order valence-corrected chi connectivity index (χ2v) is 10.0. The Balaban J connectivity index is 2.63. The molecule has 162 valence electrons. The van der Waals surface area contributed by atoms with Gasteiger partial charge in [0.25, 0.3) is 0 Å². The summed E-state index contributed by atoms with van der Waals surface area (Å²) < 4.78 is 27.0. The van der Waals surface area contributed by atoms with Crippen molar-refractivity contribution in [1.29, 1.82) is 0 Å². The molecule has 2 aromatic rings. The van der Waals surface area contributed by atoms with E-state index in [9.17, 15) is 8.42 Å². The molecule has 1 aromatic heterocycles. The molecule has 3 nitrogen and oxygen atoms in total. The van der Waals surface area contributed by atoms with Crippen molar-refractivity contribution >= 4 is 15.9 Å². The van der Waals surface area contributed by atoms with E-state index in [1.165, 1.54) is 23.1 Å². The first-order chi connectivity index (χ1) is 14.2. The molecular weight excluding hydrogens is 390 g/mol. The van der Waals surface area contributed by atoms with E-state index in [2.05, 4.69) is 69.2 Å². The molecule has 0 saturated heterocycles. The SMILES string of the molecule is C=C/C=C/C(=C\c1cc(C(CC)CCC)n(Cc2ccc(C)cc2)c1C)S(C)(=O)=O. The highest BCUT2D eigenvalue weighted by Crippen LogP contribution is 2.31. The number of hydrogen-bond donors (Lipinski definition) is 0. The summed E-state index contributed by atoms with van der Waals surface area (Å²) in [6.07, 6.45) is 11.2. The molecule has 0 aliphatic rings. The number of aromatic nitrogens is 1. The lowest BCUT2D eigenvalue weighted by atomic mass is 9.96. The first kappa shape index (κ1) is 23.9. The molecule has 0 saturated carbocycles. The Morgan fingerprint density at radius 3 is 2.37 bits per heavy atom. The summed E-state index contributed by atoms with van der Waals surface area (Å²) in [7, 11) is -3.34. The molecule has 0 aliphatic carbocycles. The molecule has 1 aromatic carbocycles. The van der Waals surface area contributed by atoms with Gasteiger partial charge in [-0.05, 0) is 62.0 Å². The number of benzene rings is 1. The number of hydrogen-bond acceptors (Lipinski definition) is 2. The van der Waals surface area contributed by atoms with Crippen LogP contribution in [0, 0.1) is 13.8 Å². The molecule has 1 atom stereocenters. The minimum absolute atomic E-state index is 0.299. The minimum atomic E-state index is -3.34. The second-order valence-electron chi connectivity index (χ2n) is 7.99. The van der Waals surface area contributed by atoms with E-state index in [1.807, 2.05) is 0 Å². The molecule has 2 rings (SSSR count). The first-order valence-corrected chi connectivity index (χ1v) is 12.6. The lowest BCUT2D eigenvalue weighted by Crippen LogP contribution is -2.10. The summed E-state index contributed by atoms with van der Waals surface area (Å²) in [6.45, 7) is 13.1. The van der Waals surface area contributed by atoms with Gasteiger partial charge in [-0.15, -0.1) is 0 Å². The Morgan fingerprint density at radius 1 is 1.17 bits per heavy atom. The zero-order valence-electron chi connectivity index (χ0n) is 19.0. The zero-order chi connectivity index (χ0) is 22.3. The summed E-state index contributed by atoms with van der Waals surface area (Å²) >= 11 is 0. The van der Waals surface area contributed by atoms with Crippen LogP contribution in [0.5, 0.6) is 0 Å². The van der Waals surface area contributed by atoms with E-state index in [0.29, 0.717) is 10.8 Å². The van der Waals surface area contributed by atoms with Gasteiger partial charge in [0, 0.05) is 24.2 Å². The molecule has 0 aliphatic heterocycles. The largest absolute Gasteiger partial charge is 0.344 e. The van der Waals surface area contributed by atoms with Crippen LogP contribution in [0.15, 0.2) is 60.0 Å². The molecule has 0 radical (unpaired) electrons. The van der Waals surface area contributed by atoms with Crippen molar-refractivity contribution in [3.8, 4) is 0 Å². The Kier molecular flexibility index (Phi) is 8.48. The molecule has 0 spiro atoms. The maximum Gasteiger partial charge on any atom is 0.175 e. The van der Waals surface area contributed by atoms with Gasteiger partial charge in [-0.1, -0.05) is 68.8 Å². The van der Waals surface area contributed by atoms with E-state index in [4.69, 9.17) is 0 Å². The van der Waals surface area contributed by atoms with Crippen LogP contribution in [0.3, 0.4) is 0 Å². The standard InChI is InChI=1S/C26H35NO2S/c1-7-10-12-25(30(6,28)29)17-24-18-26(23(9-3)11-8-2)27(21(24)5)19-22-15-13-20(4)14-16-22/h7,10,12-18,23H,1,8-9,11,19H2,2-6H3/b12-10+,25-17+. The van der Waals surface area contributed by atoms with Crippen molar-refractivity contribution in [3.63, 3.8) is 0 Å². The molecule has 0 bridgehead atoms. The quantitative estimate of drug-likeness (QED) is 0.404. The number of sulfone groups is 1. The van der Waals surface area contributed by atoms with Gasteiger partial charge in [-0.3, -0.25) is 0 Å². The van der Waals surface area contributed by atoms with Gasteiger partial charge in [0.2, 0.25) is 0 Å². The third-order valence-corrected chi connectivity index (χ3v) is 6.68. The lowest BCUT2D eigenvalue weighted by Gasteiger charge is -2.19. The smallest absolute Gasteiger partial charge is 0.175 e. The van der Waals surface area contributed by atoms with Gasteiger partial charge in [0.15, 0.2) is 9.84 Å². The maximum absolute atomic E-state index is 12.3. The number of allylic oxidation sites excluding steroid dienone is 3. The summed E-state index contributed by atoms with van der Waals surface area (Å²) in [6, 6.07) is 10.8. The highest BCUT2D eigenvalue weighted by atomic mass is 32.2. The van der Waals surface area contributed by atoms with Gasteiger partial charge in [-0.25, -0.2) is 8.42 Å². The molecule has 30 heavy (non-hydrogen) atoms. The molecule has 0 amide bonds. The molecule has 0 N–H and O–H groups in total. The van der Waals surface area contributed by atoms with Crippen LogP contribution in [0.4, 0.5) is 0 Å². The van der Waals surface area contributed by atoms with E-state index < -0.39 is 9.84 Å². The highest BCUT2D eigenvalue weighted by Gasteiger charge is 2.19. The molecular formula is C26H35NO2S. The van der Waals surface area contributed by atoms with Crippen LogP contribution in [0.2, 0.25) is 0 Å². The van der Waals surface area contributed by atoms with Crippen molar-refractivity contribution < 1.29 is 8.42 Å². The second kappa shape index (κ2) is 10.6. The van der Waals surface area contributed by atoms with E-state index in [0.717, 1.165) is 37.1 Å². The Hall–Kier alpha value is -2.33. The van der Waals surface area contributed by atoms with Gasteiger partial charge >= 0.3 is 0 Å². The predicted octanol–water partition coefficient (Wildman–Crippen LogP) is 6.57. The summed E-state index contributed by atoms with van der Waals surface area (Å²) in [5.74, 6) is 0.451. The van der Waals surface area contributed by atoms with Crippen LogP contribution >= 0.6 is 0 Å². The van der Waals surface area contributed by atoms with Crippen LogP contribution in [-0.2, 0) is 16.4 Å². The van der Waals surface area contributed by atoms with Crippen molar-refractivity contribution in [2.75, 3.05) is 6.26 Å². The summed E-state index contributed by atoms with van der Waals surface area (Å²) in [5, 5.41) is 0. The monoisotopic (exact) mass is 425 g/mol. The molecule has 4 heteroatoms.